The van der Waals surface area contributed by atoms with Crippen molar-refractivity contribution in [2.24, 2.45) is 0 Å². The number of rotatable bonds is 10. The topological polar surface area (TPSA) is 63.4 Å². The molecule has 198 valence electrons. The maximum atomic E-state index is 6.44. The molecule has 0 saturated carbocycles. The fourth-order valence-electron chi connectivity index (χ4n) is 5.32. The fourth-order valence-corrected chi connectivity index (χ4v) is 5.32. The first-order valence-corrected chi connectivity index (χ1v) is 13.9. The van der Waals surface area contributed by atoms with E-state index in [0.717, 1.165) is 58.8 Å². The zero-order valence-corrected chi connectivity index (χ0v) is 22.2. The SMILES string of the molecule is c1ccc(-c2c(-c3ccc(OCCN4CCCCC4)cc3)oc3nccc(NCCc4cccnc4)c23)cc1. The lowest BCUT2D eigenvalue weighted by Crippen LogP contribution is -2.33. The van der Waals surface area contributed by atoms with Crippen LogP contribution in [0.25, 0.3) is 33.6 Å². The van der Waals surface area contributed by atoms with Gasteiger partial charge in [0.2, 0.25) is 5.71 Å². The molecular formula is C33H34N4O2. The largest absolute Gasteiger partial charge is 0.492 e. The first-order valence-electron chi connectivity index (χ1n) is 13.9. The Balaban J connectivity index is 1.26. The number of benzene rings is 2. The van der Waals surface area contributed by atoms with E-state index in [1.54, 1.807) is 12.4 Å². The molecule has 1 aliphatic rings. The highest BCUT2D eigenvalue weighted by molar-refractivity contribution is 6.06. The minimum atomic E-state index is 0.622. The highest BCUT2D eigenvalue weighted by atomic mass is 16.5. The molecule has 0 unspecified atom stereocenters. The number of hydrogen-bond acceptors (Lipinski definition) is 6. The van der Waals surface area contributed by atoms with Gasteiger partial charge in [-0.2, -0.15) is 0 Å². The molecule has 0 aliphatic carbocycles. The summed E-state index contributed by atoms with van der Waals surface area (Å²) in [5.74, 6) is 1.69. The van der Waals surface area contributed by atoms with E-state index in [1.165, 1.54) is 37.9 Å². The second-order valence-electron chi connectivity index (χ2n) is 10.0. The molecular weight excluding hydrogens is 484 g/mol. The minimum absolute atomic E-state index is 0.622. The Morgan fingerprint density at radius 2 is 1.69 bits per heavy atom. The third kappa shape index (κ3) is 5.96. The van der Waals surface area contributed by atoms with Crippen molar-refractivity contribution in [3.05, 3.63) is 97.0 Å². The highest BCUT2D eigenvalue weighted by Gasteiger charge is 2.21. The number of hydrogen-bond donors (Lipinski definition) is 1. The second kappa shape index (κ2) is 12.1. The Hall–Kier alpha value is -4.16. The number of anilines is 1. The molecule has 0 bridgehead atoms. The zero-order valence-electron chi connectivity index (χ0n) is 22.2. The summed E-state index contributed by atoms with van der Waals surface area (Å²) in [5, 5.41) is 4.61. The van der Waals surface area contributed by atoms with Gasteiger partial charge in [-0.05, 0) is 79.9 Å². The summed E-state index contributed by atoms with van der Waals surface area (Å²) in [7, 11) is 0. The number of piperidine rings is 1. The first-order chi connectivity index (χ1) is 19.3. The number of aromatic nitrogens is 2. The third-order valence-corrected chi connectivity index (χ3v) is 7.35. The number of fused-ring (bicyclic) bond motifs is 1. The van der Waals surface area contributed by atoms with Gasteiger partial charge in [0.05, 0.1) is 5.39 Å². The number of pyridine rings is 2. The molecule has 1 fully saturated rings. The van der Waals surface area contributed by atoms with E-state index < -0.39 is 0 Å². The number of nitrogens with one attached hydrogen (secondary N) is 1. The third-order valence-electron chi connectivity index (χ3n) is 7.35. The van der Waals surface area contributed by atoms with Crippen LogP contribution in [0.3, 0.4) is 0 Å². The summed E-state index contributed by atoms with van der Waals surface area (Å²) in [6, 6.07) is 24.7. The van der Waals surface area contributed by atoms with Crippen molar-refractivity contribution in [2.75, 3.05) is 38.1 Å². The van der Waals surface area contributed by atoms with E-state index in [4.69, 9.17) is 9.15 Å². The Morgan fingerprint density at radius 3 is 2.49 bits per heavy atom. The van der Waals surface area contributed by atoms with Crippen molar-refractivity contribution in [2.45, 2.75) is 25.7 Å². The van der Waals surface area contributed by atoms with Crippen LogP contribution >= 0.6 is 0 Å². The van der Waals surface area contributed by atoms with Crippen LogP contribution in [0.4, 0.5) is 5.69 Å². The van der Waals surface area contributed by atoms with Gasteiger partial charge < -0.3 is 14.5 Å². The van der Waals surface area contributed by atoms with E-state index >= 15 is 0 Å². The summed E-state index contributed by atoms with van der Waals surface area (Å²) >= 11 is 0. The molecule has 0 atom stereocenters. The molecule has 2 aromatic carbocycles. The quantitative estimate of drug-likeness (QED) is 0.213. The summed E-state index contributed by atoms with van der Waals surface area (Å²) in [6.45, 7) is 4.84. The Kier molecular flexibility index (Phi) is 7.82. The van der Waals surface area contributed by atoms with E-state index in [1.807, 2.05) is 36.5 Å². The van der Waals surface area contributed by atoms with Gasteiger partial charge in [0.25, 0.3) is 0 Å². The summed E-state index contributed by atoms with van der Waals surface area (Å²) in [5.41, 5.74) is 5.96. The molecule has 1 N–H and O–H groups in total. The molecule has 39 heavy (non-hydrogen) atoms. The molecule has 6 nitrogen and oxygen atoms in total. The lowest BCUT2D eigenvalue weighted by molar-refractivity contribution is 0.183. The number of furan rings is 1. The number of nitrogens with zero attached hydrogens (tertiary/aromatic N) is 3. The summed E-state index contributed by atoms with van der Waals surface area (Å²) in [4.78, 5) is 11.3. The molecule has 0 radical (unpaired) electrons. The first kappa shape index (κ1) is 25.1. The predicted octanol–water partition coefficient (Wildman–Crippen LogP) is 7.08. The molecule has 3 aromatic heterocycles. The van der Waals surface area contributed by atoms with Gasteiger partial charge in [-0.1, -0.05) is 42.8 Å². The molecule has 1 aliphatic heterocycles. The lowest BCUT2D eigenvalue weighted by Gasteiger charge is -2.26. The van der Waals surface area contributed by atoms with Gasteiger partial charge in [-0.3, -0.25) is 9.88 Å². The van der Waals surface area contributed by atoms with Crippen LogP contribution in [0, 0.1) is 0 Å². The molecule has 4 heterocycles. The molecule has 0 amide bonds. The van der Waals surface area contributed by atoms with E-state index in [2.05, 4.69) is 62.6 Å². The zero-order chi connectivity index (χ0) is 26.3. The fraction of sp³-hybridized carbons (Fsp3) is 0.273. The van der Waals surface area contributed by atoms with E-state index in [9.17, 15) is 0 Å². The predicted molar refractivity (Wildman–Crippen MR) is 157 cm³/mol. The number of ether oxygens (including phenoxy) is 1. The number of likely N-dealkylation sites (tertiary alicyclic amines) is 1. The van der Waals surface area contributed by atoms with Gasteiger partial charge in [0.15, 0.2) is 0 Å². The van der Waals surface area contributed by atoms with Crippen molar-refractivity contribution < 1.29 is 9.15 Å². The van der Waals surface area contributed by atoms with Crippen molar-refractivity contribution in [1.29, 1.82) is 0 Å². The lowest BCUT2D eigenvalue weighted by atomic mass is 9.98. The van der Waals surface area contributed by atoms with Crippen LogP contribution in [0.1, 0.15) is 24.8 Å². The van der Waals surface area contributed by atoms with Crippen LogP contribution < -0.4 is 10.1 Å². The maximum absolute atomic E-state index is 6.44. The average Bonchev–Trinajstić information content (AvgIpc) is 3.40. The van der Waals surface area contributed by atoms with Gasteiger partial charge in [0.1, 0.15) is 18.1 Å². The Morgan fingerprint density at radius 1 is 0.846 bits per heavy atom. The maximum Gasteiger partial charge on any atom is 0.229 e. The van der Waals surface area contributed by atoms with Gasteiger partial charge in [-0.15, -0.1) is 0 Å². The normalized spacial score (nSPS) is 13.9. The Bertz CT molecular complexity index is 1480. The van der Waals surface area contributed by atoms with Crippen molar-refractivity contribution in [3.8, 4) is 28.2 Å². The van der Waals surface area contributed by atoms with Gasteiger partial charge >= 0.3 is 0 Å². The average molecular weight is 519 g/mol. The van der Waals surface area contributed by atoms with E-state index in [0.29, 0.717) is 12.3 Å². The Labute approximate surface area is 229 Å². The van der Waals surface area contributed by atoms with Gasteiger partial charge in [-0.25, -0.2) is 4.98 Å². The molecule has 5 aromatic rings. The van der Waals surface area contributed by atoms with Gasteiger partial charge in [0, 0.05) is 48.5 Å². The van der Waals surface area contributed by atoms with Crippen LogP contribution in [0.15, 0.2) is 95.8 Å². The molecule has 6 rings (SSSR count). The van der Waals surface area contributed by atoms with Crippen molar-refractivity contribution >= 4 is 16.8 Å². The van der Waals surface area contributed by atoms with Crippen molar-refractivity contribution in [3.63, 3.8) is 0 Å². The summed E-state index contributed by atoms with van der Waals surface area (Å²) in [6.07, 6.45) is 10.3. The standard InChI is InChI=1S/C33H34N4O2/c1-3-9-26(10-4-1)30-31-29(35-18-15-25-8-7-17-34-24-25)16-19-36-33(31)39-32(30)27-11-13-28(14-12-27)38-23-22-37-20-5-2-6-21-37/h1,3-4,7-14,16-17,19,24H,2,5-6,15,18,20-23H2,(H,35,36). The van der Waals surface area contributed by atoms with Crippen LogP contribution in [0.5, 0.6) is 5.75 Å². The minimum Gasteiger partial charge on any atom is -0.492 e. The molecule has 1 saturated heterocycles. The van der Waals surface area contributed by atoms with Crippen molar-refractivity contribution in [1.82, 2.24) is 14.9 Å². The molecule has 0 spiro atoms. The second-order valence-corrected chi connectivity index (χ2v) is 10.0. The highest BCUT2D eigenvalue weighted by Crippen LogP contribution is 2.43. The van der Waals surface area contributed by atoms with Crippen LogP contribution in [0.2, 0.25) is 0 Å². The summed E-state index contributed by atoms with van der Waals surface area (Å²) < 4.78 is 12.5. The monoisotopic (exact) mass is 518 g/mol. The van der Waals surface area contributed by atoms with Crippen LogP contribution in [-0.4, -0.2) is 47.7 Å². The molecule has 6 heteroatoms. The van der Waals surface area contributed by atoms with E-state index in [-0.39, 0.29) is 0 Å². The van der Waals surface area contributed by atoms with Crippen LogP contribution in [-0.2, 0) is 6.42 Å². The smallest absolute Gasteiger partial charge is 0.229 e.